The van der Waals surface area contributed by atoms with E-state index < -0.39 is 0 Å². The highest BCUT2D eigenvalue weighted by Gasteiger charge is 2.27. The molecule has 1 fully saturated rings. The highest BCUT2D eigenvalue weighted by atomic mass is 35.5. The summed E-state index contributed by atoms with van der Waals surface area (Å²) in [6.45, 7) is 1.57. The SMILES string of the molecule is O=C(c1snnc1-c1ccc(Cl)cc1)N1CCC(Cc2ccccc2)CC1. The summed E-state index contributed by atoms with van der Waals surface area (Å²) in [5.74, 6) is 0.667. The molecule has 1 aliphatic heterocycles. The number of benzene rings is 2. The summed E-state index contributed by atoms with van der Waals surface area (Å²) in [7, 11) is 0. The van der Waals surface area contributed by atoms with Crippen LogP contribution in [0.3, 0.4) is 0 Å². The summed E-state index contributed by atoms with van der Waals surface area (Å²) in [5, 5.41) is 4.84. The molecule has 1 amide bonds. The fourth-order valence-corrected chi connectivity index (χ4v) is 4.34. The minimum absolute atomic E-state index is 0.0353. The third-order valence-electron chi connectivity index (χ3n) is 5.07. The number of rotatable bonds is 4. The van der Waals surface area contributed by atoms with E-state index in [1.54, 1.807) is 12.1 Å². The first-order chi connectivity index (χ1) is 13.2. The minimum atomic E-state index is 0.0353. The van der Waals surface area contributed by atoms with Crippen LogP contribution in [0.25, 0.3) is 11.3 Å². The van der Waals surface area contributed by atoms with Gasteiger partial charge in [-0.3, -0.25) is 4.79 Å². The smallest absolute Gasteiger partial charge is 0.267 e. The van der Waals surface area contributed by atoms with Crippen molar-refractivity contribution in [1.82, 2.24) is 14.5 Å². The van der Waals surface area contributed by atoms with E-state index in [2.05, 4.69) is 33.9 Å². The second kappa shape index (κ2) is 8.19. The fourth-order valence-electron chi connectivity index (χ4n) is 3.56. The van der Waals surface area contributed by atoms with Crippen molar-refractivity contribution >= 4 is 29.0 Å². The van der Waals surface area contributed by atoms with Crippen LogP contribution in [0.15, 0.2) is 54.6 Å². The van der Waals surface area contributed by atoms with Crippen molar-refractivity contribution in [3.8, 4) is 11.3 Å². The van der Waals surface area contributed by atoms with Crippen molar-refractivity contribution in [2.75, 3.05) is 13.1 Å². The Bertz CT molecular complexity index is 903. The Morgan fingerprint density at radius 1 is 1.07 bits per heavy atom. The summed E-state index contributed by atoms with van der Waals surface area (Å²) in [6, 6.07) is 17.9. The van der Waals surface area contributed by atoms with Gasteiger partial charge in [-0.1, -0.05) is 58.6 Å². The number of hydrogen-bond acceptors (Lipinski definition) is 4. The Labute approximate surface area is 168 Å². The van der Waals surface area contributed by atoms with E-state index in [0.29, 0.717) is 21.5 Å². The molecule has 3 aromatic rings. The predicted molar refractivity (Wildman–Crippen MR) is 109 cm³/mol. The van der Waals surface area contributed by atoms with Crippen molar-refractivity contribution in [2.24, 2.45) is 5.92 Å². The van der Waals surface area contributed by atoms with Crippen LogP contribution in [0.2, 0.25) is 5.02 Å². The molecular formula is C21H20ClN3OS. The van der Waals surface area contributed by atoms with E-state index in [9.17, 15) is 4.79 Å². The number of halogens is 1. The van der Waals surface area contributed by atoms with Crippen LogP contribution >= 0.6 is 23.1 Å². The highest BCUT2D eigenvalue weighted by molar-refractivity contribution is 7.08. The Morgan fingerprint density at radius 2 is 1.78 bits per heavy atom. The molecule has 0 bridgehead atoms. The number of aromatic nitrogens is 2. The van der Waals surface area contributed by atoms with E-state index in [1.807, 2.05) is 23.1 Å². The van der Waals surface area contributed by atoms with Crippen LogP contribution in [-0.4, -0.2) is 33.5 Å². The van der Waals surface area contributed by atoms with Crippen LogP contribution in [0.5, 0.6) is 0 Å². The minimum Gasteiger partial charge on any atom is -0.338 e. The molecule has 1 aliphatic rings. The van der Waals surface area contributed by atoms with Gasteiger partial charge in [-0.05, 0) is 54.4 Å². The third kappa shape index (κ3) is 4.20. The molecule has 138 valence electrons. The van der Waals surface area contributed by atoms with Crippen LogP contribution in [0.4, 0.5) is 0 Å². The number of nitrogens with zero attached hydrogens (tertiary/aromatic N) is 3. The van der Waals surface area contributed by atoms with Crippen molar-refractivity contribution in [3.05, 3.63) is 70.1 Å². The maximum atomic E-state index is 13.0. The Morgan fingerprint density at radius 3 is 2.48 bits per heavy atom. The number of carbonyl (C=O) groups is 1. The standard InChI is InChI=1S/C21H20ClN3OS/c22-18-8-6-17(7-9-18)19-20(27-24-23-19)21(26)25-12-10-16(11-13-25)14-15-4-2-1-3-5-15/h1-9,16H,10-14H2. The molecule has 1 saturated heterocycles. The second-order valence-corrected chi connectivity index (χ2v) is 8.07. The summed E-state index contributed by atoms with van der Waals surface area (Å²) in [4.78, 5) is 15.6. The normalized spacial score (nSPS) is 15.1. The number of hydrogen-bond donors (Lipinski definition) is 0. The fraction of sp³-hybridized carbons (Fsp3) is 0.286. The lowest BCUT2D eigenvalue weighted by Crippen LogP contribution is -2.38. The van der Waals surface area contributed by atoms with Gasteiger partial charge in [0.05, 0.1) is 0 Å². The first kappa shape index (κ1) is 18.1. The Kier molecular flexibility index (Phi) is 5.50. The Hall–Kier alpha value is -2.24. The van der Waals surface area contributed by atoms with Crippen LogP contribution in [0.1, 0.15) is 28.1 Å². The number of carbonyl (C=O) groups excluding carboxylic acids is 1. The monoisotopic (exact) mass is 397 g/mol. The molecule has 0 N–H and O–H groups in total. The van der Waals surface area contributed by atoms with E-state index in [0.717, 1.165) is 37.9 Å². The maximum Gasteiger partial charge on any atom is 0.267 e. The number of likely N-dealkylation sites (tertiary alicyclic amines) is 1. The molecule has 4 nitrogen and oxygen atoms in total. The van der Waals surface area contributed by atoms with Gasteiger partial charge in [-0.15, -0.1) is 5.10 Å². The van der Waals surface area contributed by atoms with Gasteiger partial charge in [-0.2, -0.15) is 0 Å². The molecule has 1 aromatic heterocycles. The average Bonchev–Trinajstić information content (AvgIpc) is 3.19. The van der Waals surface area contributed by atoms with Crippen LogP contribution in [0, 0.1) is 5.92 Å². The van der Waals surface area contributed by atoms with Crippen LogP contribution < -0.4 is 0 Å². The number of amides is 1. The molecule has 0 atom stereocenters. The number of piperidine rings is 1. The zero-order valence-corrected chi connectivity index (χ0v) is 16.4. The molecule has 0 radical (unpaired) electrons. The second-order valence-electron chi connectivity index (χ2n) is 6.88. The van der Waals surface area contributed by atoms with E-state index in [-0.39, 0.29) is 5.91 Å². The first-order valence-electron chi connectivity index (χ1n) is 9.12. The summed E-state index contributed by atoms with van der Waals surface area (Å²) < 4.78 is 4.02. The van der Waals surface area contributed by atoms with E-state index in [1.165, 1.54) is 17.1 Å². The highest BCUT2D eigenvalue weighted by Crippen LogP contribution is 2.28. The average molecular weight is 398 g/mol. The largest absolute Gasteiger partial charge is 0.338 e. The molecule has 4 rings (SSSR count). The lowest BCUT2D eigenvalue weighted by atomic mass is 9.90. The summed E-state index contributed by atoms with van der Waals surface area (Å²) in [6.07, 6.45) is 3.15. The topological polar surface area (TPSA) is 46.1 Å². The molecule has 0 unspecified atom stereocenters. The van der Waals surface area contributed by atoms with Crippen molar-refractivity contribution in [2.45, 2.75) is 19.3 Å². The summed E-state index contributed by atoms with van der Waals surface area (Å²) in [5.41, 5.74) is 2.89. The molecular weight excluding hydrogens is 378 g/mol. The van der Waals surface area contributed by atoms with Gasteiger partial charge in [0, 0.05) is 23.7 Å². The van der Waals surface area contributed by atoms with Gasteiger partial charge in [0.1, 0.15) is 10.6 Å². The van der Waals surface area contributed by atoms with Gasteiger partial charge in [0.15, 0.2) is 0 Å². The quantitative estimate of drug-likeness (QED) is 0.625. The zero-order chi connectivity index (χ0) is 18.6. The molecule has 0 saturated carbocycles. The lowest BCUT2D eigenvalue weighted by Gasteiger charge is -2.31. The van der Waals surface area contributed by atoms with Crippen molar-refractivity contribution in [3.63, 3.8) is 0 Å². The summed E-state index contributed by atoms with van der Waals surface area (Å²) >= 11 is 7.13. The molecule has 6 heteroatoms. The zero-order valence-electron chi connectivity index (χ0n) is 14.8. The first-order valence-corrected chi connectivity index (χ1v) is 10.3. The Balaban J connectivity index is 1.42. The molecule has 0 spiro atoms. The third-order valence-corrected chi connectivity index (χ3v) is 6.03. The van der Waals surface area contributed by atoms with E-state index >= 15 is 0 Å². The van der Waals surface area contributed by atoms with Gasteiger partial charge < -0.3 is 4.90 Å². The van der Waals surface area contributed by atoms with Crippen molar-refractivity contribution in [1.29, 1.82) is 0 Å². The predicted octanol–water partition coefficient (Wildman–Crippen LogP) is 4.95. The van der Waals surface area contributed by atoms with E-state index in [4.69, 9.17) is 11.6 Å². The molecule has 0 aliphatic carbocycles. The van der Waals surface area contributed by atoms with Crippen LogP contribution in [-0.2, 0) is 6.42 Å². The molecule has 27 heavy (non-hydrogen) atoms. The van der Waals surface area contributed by atoms with Gasteiger partial charge in [-0.25, -0.2) is 0 Å². The van der Waals surface area contributed by atoms with Crippen molar-refractivity contribution < 1.29 is 4.79 Å². The lowest BCUT2D eigenvalue weighted by molar-refractivity contribution is 0.0696. The van der Waals surface area contributed by atoms with Gasteiger partial charge >= 0.3 is 0 Å². The molecule has 2 aromatic carbocycles. The molecule has 2 heterocycles. The van der Waals surface area contributed by atoms with Gasteiger partial charge in [0.25, 0.3) is 5.91 Å². The maximum absolute atomic E-state index is 13.0. The van der Waals surface area contributed by atoms with Gasteiger partial charge in [0.2, 0.25) is 0 Å².